The first-order chi connectivity index (χ1) is 33.6. The molecule has 0 aliphatic heterocycles. The van der Waals surface area contributed by atoms with E-state index < -0.39 is 0 Å². The van der Waals surface area contributed by atoms with Crippen LogP contribution in [0.25, 0.3) is 107 Å². The number of fused-ring (bicyclic) bond motifs is 16. The van der Waals surface area contributed by atoms with Crippen molar-refractivity contribution in [3.8, 4) is 16.8 Å². The number of hydrogen-bond donors (Lipinski definition) is 0. The fraction of sp³-hybridized carbons (Fsp3) is 0.0923. The van der Waals surface area contributed by atoms with Crippen molar-refractivity contribution in [1.82, 2.24) is 4.57 Å². The topological polar surface area (TPSA) is 17.3 Å². The minimum atomic E-state index is 0.0772. The lowest BCUT2D eigenvalue weighted by Crippen LogP contribution is -2.11. The summed E-state index contributed by atoms with van der Waals surface area (Å²) < 4.78 is 5.23. The number of aliphatic imine (C=N–C) groups is 1. The van der Waals surface area contributed by atoms with Crippen LogP contribution in [0.15, 0.2) is 223 Å². The molecule has 0 radical (unpaired) electrons. The van der Waals surface area contributed by atoms with Crippen LogP contribution in [0.3, 0.4) is 0 Å². The van der Waals surface area contributed by atoms with E-state index in [2.05, 4.69) is 231 Å². The lowest BCUT2D eigenvalue weighted by atomic mass is 9.93. The number of hydrogen-bond acceptors (Lipinski definition) is 2. The normalized spacial score (nSPS) is 14.1. The standard InChI is InChI=1S/C65H48N2S/c1-3-57(44-22-8-5-9-23-44)66-58(39-41(2)42-19-6-4-7-20-42)45-33-36-47(37-34-45)67-63-53-29-15-13-27-51(53)50-26-12-14-28-52(50)60(63)62-61-56-40-46(49-32-18-24-43-21-10-11-25-48(43)49)35-38-59(56)68-65(61)55-31-17-16-30-54(55)64(62)67/h4,6-8,10-40,57H,3,5,9H2,1-2H3/b41-39+,66-58?/t57-/m0/s1. The first-order valence-corrected chi connectivity index (χ1v) is 24.9. The fourth-order valence-corrected chi connectivity index (χ4v) is 12.4. The minimum absolute atomic E-state index is 0.0772. The van der Waals surface area contributed by atoms with Crippen LogP contribution in [0.2, 0.25) is 0 Å². The minimum Gasteiger partial charge on any atom is -0.308 e. The molecule has 2 aromatic heterocycles. The number of rotatable bonds is 8. The molecule has 2 nitrogen and oxygen atoms in total. The molecule has 0 unspecified atom stereocenters. The van der Waals surface area contributed by atoms with E-state index in [1.807, 2.05) is 11.3 Å². The molecule has 2 heterocycles. The Morgan fingerprint density at radius 2 is 1.22 bits per heavy atom. The lowest BCUT2D eigenvalue weighted by Gasteiger charge is -2.17. The van der Waals surface area contributed by atoms with Crippen molar-refractivity contribution in [2.24, 2.45) is 4.99 Å². The zero-order valence-corrected chi connectivity index (χ0v) is 39.0. The summed E-state index contributed by atoms with van der Waals surface area (Å²) in [4.78, 5) is 5.58. The molecule has 0 N–H and O–H groups in total. The second-order valence-corrected chi connectivity index (χ2v) is 19.4. The average molecular weight is 889 g/mol. The second-order valence-electron chi connectivity index (χ2n) is 18.3. The third-order valence-corrected chi connectivity index (χ3v) is 15.6. The van der Waals surface area contributed by atoms with E-state index in [1.165, 1.54) is 113 Å². The molecule has 0 saturated carbocycles. The highest BCUT2D eigenvalue weighted by Gasteiger charge is 2.26. The van der Waals surface area contributed by atoms with Gasteiger partial charge in [-0.1, -0.05) is 189 Å². The zero-order valence-electron chi connectivity index (χ0n) is 38.2. The summed E-state index contributed by atoms with van der Waals surface area (Å²) in [5.41, 5.74) is 11.9. The van der Waals surface area contributed by atoms with Crippen molar-refractivity contribution in [2.45, 2.75) is 39.2 Å². The van der Waals surface area contributed by atoms with E-state index in [0.29, 0.717) is 0 Å². The monoisotopic (exact) mass is 888 g/mol. The molecule has 0 fully saturated rings. The molecule has 324 valence electrons. The molecule has 1 aliphatic rings. The molecule has 68 heavy (non-hydrogen) atoms. The number of benzene rings is 10. The predicted octanol–water partition coefficient (Wildman–Crippen LogP) is 18.4. The van der Waals surface area contributed by atoms with Gasteiger partial charge in [0, 0.05) is 52.8 Å². The smallest absolute Gasteiger partial charge is 0.0750 e. The van der Waals surface area contributed by atoms with E-state index in [1.54, 1.807) is 0 Å². The number of nitrogens with zero attached hydrogens (tertiary/aromatic N) is 2. The highest BCUT2D eigenvalue weighted by molar-refractivity contribution is 7.27. The van der Waals surface area contributed by atoms with Crippen molar-refractivity contribution in [1.29, 1.82) is 0 Å². The van der Waals surface area contributed by atoms with Crippen molar-refractivity contribution in [2.75, 3.05) is 0 Å². The second kappa shape index (κ2) is 16.5. The van der Waals surface area contributed by atoms with Crippen LogP contribution < -0.4 is 0 Å². The summed E-state index contributed by atoms with van der Waals surface area (Å²) in [5.74, 6) is 0. The maximum atomic E-state index is 5.58. The van der Waals surface area contributed by atoms with Gasteiger partial charge >= 0.3 is 0 Å². The van der Waals surface area contributed by atoms with E-state index in [9.17, 15) is 0 Å². The first kappa shape index (κ1) is 40.4. The van der Waals surface area contributed by atoms with Crippen molar-refractivity contribution in [3.05, 3.63) is 229 Å². The Hall–Kier alpha value is -7.85. The molecule has 12 aromatic rings. The van der Waals surface area contributed by atoms with Crippen LogP contribution in [0, 0.1) is 0 Å². The van der Waals surface area contributed by atoms with Gasteiger partial charge in [-0.15, -0.1) is 11.3 Å². The Balaban J connectivity index is 1.12. The van der Waals surface area contributed by atoms with Crippen LogP contribution in [-0.4, -0.2) is 16.3 Å². The molecule has 0 spiro atoms. The molecule has 0 bridgehead atoms. The molecule has 0 amide bonds. The van der Waals surface area contributed by atoms with Gasteiger partial charge < -0.3 is 4.57 Å². The molecule has 0 saturated heterocycles. The van der Waals surface area contributed by atoms with Gasteiger partial charge in [0.1, 0.15) is 0 Å². The Morgan fingerprint density at radius 1 is 0.574 bits per heavy atom. The molecular formula is C65H48N2S. The summed E-state index contributed by atoms with van der Waals surface area (Å²) in [6.45, 7) is 4.46. The average Bonchev–Trinajstić information content (AvgIpc) is 3.97. The summed E-state index contributed by atoms with van der Waals surface area (Å²) in [5, 5.41) is 15.4. The zero-order chi connectivity index (χ0) is 45.3. The lowest BCUT2D eigenvalue weighted by molar-refractivity contribution is 0.747. The van der Waals surface area contributed by atoms with Crippen molar-refractivity contribution in [3.63, 3.8) is 0 Å². The van der Waals surface area contributed by atoms with Crippen LogP contribution >= 0.6 is 11.3 Å². The summed E-state index contributed by atoms with van der Waals surface area (Å²) >= 11 is 1.93. The van der Waals surface area contributed by atoms with Crippen LogP contribution in [-0.2, 0) is 0 Å². The van der Waals surface area contributed by atoms with Gasteiger partial charge in [-0.3, -0.25) is 4.99 Å². The van der Waals surface area contributed by atoms with Gasteiger partial charge in [-0.25, -0.2) is 0 Å². The summed E-state index contributed by atoms with van der Waals surface area (Å²) in [6, 6.07) is 69.9. The molecule has 1 atom stereocenters. The van der Waals surface area contributed by atoms with E-state index in [-0.39, 0.29) is 6.04 Å². The maximum Gasteiger partial charge on any atom is 0.0750 e. The van der Waals surface area contributed by atoms with E-state index in [4.69, 9.17) is 4.99 Å². The SMILES string of the molecule is CC[C@H](N=C(/C=C(\C)c1ccccc1)c1ccc(-n2c3c4ccccc4c4ccccc4c3c3c4c5cc(-c6cccc7ccccc67)ccc5sc4c4ccccc4c32)cc1)C1=CCCC=C1. The maximum absolute atomic E-state index is 5.58. The highest BCUT2D eigenvalue weighted by Crippen LogP contribution is 2.51. The summed E-state index contributed by atoms with van der Waals surface area (Å²) in [6.07, 6.45) is 12.3. The quantitative estimate of drug-likeness (QED) is 0.107. The third-order valence-electron chi connectivity index (χ3n) is 14.4. The highest BCUT2D eigenvalue weighted by atomic mass is 32.1. The van der Waals surface area contributed by atoms with Crippen LogP contribution in [0.4, 0.5) is 0 Å². The Labute approximate surface area is 400 Å². The Kier molecular flexibility index (Phi) is 9.80. The van der Waals surface area contributed by atoms with E-state index >= 15 is 0 Å². The van der Waals surface area contributed by atoms with Crippen molar-refractivity contribution >= 4 is 108 Å². The van der Waals surface area contributed by atoms with Crippen LogP contribution in [0.5, 0.6) is 0 Å². The molecule has 13 rings (SSSR count). The van der Waals surface area contributed by atoms with Gasteiger partial charge in [-0.05, 0) is 117 Å². The molecule has 3 heteroatoms. The molecule has 1 aliphatic carbocycles. The van der Waals surface area contributed by atoms with Gasteiger partial charge in [0.05, 0.1) is 22.8 Å². The first-order valence-electron chi connectivity index (χ1n) is 24.0. The molecular weight excluding hydrogens is 841 g/mol. The third kappa shape index (κ3) is 6.48. The van der Waals surface area contributed by atoms with Gasteiger partial charge in [0.2, 0.25) is 0 Å². The predicted molar refractivity (Wildman–Crippen MR) is 296 cm³/mol. The Bertz CT molecular complexity index is 4110. The fourth-order valence-electron chi connectivity index (χ4n) is 11.2. The number of thiophene rings is 1. The van der Waals surface area contributed by atoms with Crippen LogP contribution in [0.1, 0.15) is 44.2 Å². The Morgan fingerprint density at radius 3 is 1.97 bits per heavy atom. The molecule has 10 aromatic carbocycles. The largest absolute Gasteiger partial charge is 0.308 e. The van der Waals surface area contributed by atoms with E-state index in [0.717, 1.165) is 36.2 Å². The van der Waals surface area contributed by atoms with Gasteiger partial charge in [0.25, 0.3) is 0 Å². The van der Waals surface area contributed by atoms with Gasteiger partial charge in [0.15, 0.2) is 0 Å². The van der Waals surface area contributed by atoms with Gasteiger partial charge in [-0.2, -0.15) is 0 Å². The number of allylic oxidation sites excluding steroid dienone is 4. The summed E-state index contributed by atoms with van der Waals surface area (Å²) in [7, 11) is 0. The number of aromatic nitrogens is 1. The van der Waals surface area contributed by atoms with Crippen molar-refractivity contribution < 1.29 is 0 Å².